The fourth-order valence-corrected chi connectivity index (χ4v) is 10.8. The topological polar surface area (TPSA) is 228 Å². The summed E-state index contributed by atoms with van der Waals surface area (Å²) < 4.78 is 22.9. The highest BCUT2D eigenvalue weighted by Crippen LogP contribution is 2.30. The second-order valence-corrected chi connectivity index (χ2v) is 23.6. The fraction of sp³-hybridized carbons (Fsp3) is 0.812. The maximum absolute atomic E-state index is 13.3. The summed E-state index contributed by atoms with van der Waals surface area (Å²) in [6.45, 7) is 2.74. The van der Waals surface area contributed by atoms with E-state index in [1.165, 1.54) is 154 Å². The van der Waals surface area contributed by atoms with Crippen LogP contribution in [-0.2, 0) is 23.7 Å². The van der Waals surface area contributed by atoms with E-state index < -0.39 is 86.8 Å². The zero-order valence-corrected chi connectivity index (χ0v) is 52.2. The van der Waals surface area contributed by atoms with Gasteiger partial charge >= 0.3 is 0 Å². The molecule has 0 aromatic rings. The quantitative estimate of drug-likeness (QED) is 0.0204. The standard InChI is InChI=1S/C69H123NO13/c1-3-5-7-9-11-13-15-17-19-21-23-25-26-27-28-29-30-31-33-34-36-38-40-42-44-46-48-50-52-58(73)57(56-80-68-66(79)64(77)67(60(55-72)82-68)83-69-65(78)63(76)62(75)59(54-71)81-69)70-61(74)53-51-49-47-45-43-41-39-37-35-32-24-22-20-18-16-14-12-10-8-6-4-2/h6,8,12,14,18,20,24,32,37,39,43,45,57-60,62-69,71-73,75-79H,3-5,7,9-11,13,15-17,19,21-23,25-31,33-36,38,40-42,44,46-56H2,1-2H3,(H,70,74)/b8-6-,14-12-,20-18-,32-24-,39-37-,45-43-. The normalized spacial score (nSPS) is 24.3. The number of ether oxygens (including phenoxy) is 4. The molecule has 2 saturated heterocycles. The van der Waals surface area contributed by atoms with Gasteiger partial charge in [0.05, 0.1) is 32.0 Å². The molecule has 12 unspecified atom stereocenters. The second-order valence-electron chi connectivity index (χ2n) is 23.6. The molecule has 2 aliphatic rings. The minimum Gasteiger partial charge on any atom is -0.394 e. The van der Waals surface area contributed by atoms with Gasteiger partial charge in [-0.3, -0.25) is 4.79 Å². The van der Waals surface area contributed by atoms with Crippen molar-refractivity contribution in [2.75, 3.05) is 19.8 Å². The first kappa shape index (κ1) is 76.5. The molecule has 2 rings (SSSR count). The van der Waals surface area contributed by atoms with Crippen molar-refractivity contribution in [1.82, 2.24) is 5.32 Å². The van der Waals surface area contributed by atoms with Crippen LogP contribution >= 0.6 is 0 Å². The summed E-state index contributed by atoms with van der Waals surface area (Å²) in [6.07, 6.45) is 54.9. The van der Waals surface area contributed by atoms with Crippen LogP contribution in [0.1, 0.15) is 264 Å². The average molecular weight is 1170 g/mol. The minimum atomic E-state index is -1.79. The van der Waals surface area contributed by atoms with Gasteiger partial charge in [0, 0.05) is 6.42 Å². The summed E-state index contributed by atoms with van der Waals surface area (Å²) in [7, 11) is 0. The molecule has 0 aromatic heterocycles. The molecule has 1 amide bonds. The van der Waals surface area contributed by atoms with Crippen molar-refractivity contribution in [3.63, 3.8) is 0 Å². The van der Waals surface area contributed by atoms with E-state index in [2.05, 4.69) is 92.1 Å². The van der Waals surface area contributed by atoms with Crippen molar-refractivity contribution in [2.45, 2.75) is 338 Å². The van der Waals surface area contributed by atoms with Gasteiger partial charge in [0.15, 0.2) is 12.6 Å². The molecule has 14 nitrogen and oxygen atoms in total. The van der Waals surface area contributed by atoms with E-state index in [1.807, 2.05) is 0 Å². The smallest absolute Gasteiger partial charge is 0.220 e. The van der Waals surface area contributed by atoms with Crippen LogP contribution < -0.4 is 5.32 Å². The number of rotatable bonds is 54. The lowest BCUT2D eigenvalue weighted by atomic mass is 9.97. The number of allylic oxidation sites excluding steroid dienone is 12. The highest BCUT2D eigenvalue weighted by atomic mass is 16.7. The lowest BCUT2D eigenvalue weighted by Gasteiger charge is -2.46. The van der Waals surface area contributed by atoms with Gasteiger partial charge in [-0.25, -0.2) is 0 Å². The van der Waals surface area contributed by atoms with Gasteiger partial charge in [-0.2, -0.15) is 0 Å². The Morgan fingerprint density at radius 2 is 0.831 bits per heavy atom. The van der Waals surface area contributed by atoms with Gasteiger partial charge in [-0.15, -0.1) is 0 Å². The molecule has 482 valence electrons. The Hall–Kier alpha value is -2.57. The van der Waals surface area contributed by atoms with Crippen LogP contribution in [0.2, 0.25) is 0 Å². The minimum absolute atomic E-state index is 0.246. The second kappa shape index (κ2) is 53.7. The van der Waals surface area contributed by atoms with Crippen LogP contribution in [0.25, 0.3) is 0 Å². The molecule has 2 heterocycles. The predicted octanol–water partition coefficient (Wildman–Crippen LogP) is 13.1. The van der Waals surface area contributed by atoms with Gasteiger partial charge in [0.25, 0.3) is 0 Å². The summed E-state index contributed by atoms with van der Waals surface area (Å²) in [5.41, 5.74) is 0. The first-order chi connectivity index (χ1) is 40.6. The molecule has 9 N–H and O–H groups in total. The van der Waals surface area contributed by atoms with E-state index in [0.717, 1.165) is 77.0 Å². The van der Waals surface area contributed by atoms with Crippen LogP contribution in [-0.4, -0.2) is 140 Å². The number of unbranched alkanes of at least 4 members (excludes halogenated alkanes) is 29. The maximum atomic E-state index is 13.3. The van der Waals surface area contributed by atoms with Crippen LogP contribution in [0.15, 0.2) is 72.9 Å². The highest BCUT2D eigenvalue weighted by molar-refractivity contribution is 5.76. The Morgan fingerprint density at radius 1 is 0.446 bits per heavy atom. The average Bonchev–Trinajstić information content (AvgIpc) is 3.59. The molecule has 83 heavy (non-hydrogen) atoms. The SMILES string of the molecule is CC/C=C\C/C=C\C/C=C\C/C=C\C/C=C\C/C=C\CCCCC(=O)NC(COC1OC(CO)C(OC2OC(CO)C(O)C(O)C2O)C(O)C1O)C(O)CCCCCCCCCCCCCCCCCCCCCCCCCCCCCC. The lowest BCUT2D eigenvalue weighted by molar-refractivity contribution is -0.359. The van der Waals surface area contributed by atoms with E-state index in [4.69, 9.17) is 18.9 Å². The Morgan fingerprint density at radius 3 is 1.25 bits per heavy atom. The third-order valence-electron chi connectivity index (χ3n) is 16.2. The van der Waals surface area contributed by atoms with Crippen LogP contribution in [0.3, 0.4) is 0 Å². The molecule has 12 atom stereocenters. The molecule has 0 spiro atoms. The number of carbonyl (C=O) groups is 1. The third kappa shape index (κ3) is 38.4. The molecule has 0 aliphatic carbocycles. The molecule has 0 saturated carbocycles. The number of aliphatic hydroxyl groups is 8. The molecule has 0 radical (unpaired) electrons. The van der Waals surface area contributed by atoms with Crippen molar-refractivity contribution in [2.24, 2.45) is 0 Å². The van der Waals surface area contributed by atoms with Crippen molar-refractivity contribution in [1.29, 1.82) is 0 Å². The summed E-state index contributed by atoms with van der Waals surface area (Å²) in [5.74, 6) is -0.248. The van der Waals surface area contributed by atoms with Crippen LogP contribution in [0.4, 0.5) is 0 Å². The van der Waals surface area contributed by atoms with Crippen molar-refractivity contribution < 1.29 is 64.6 Å². The largest absolute Gasteiger partial charge is 0.394 e. The number of aliphatic hydroxyl groups excluding tert-OH is 8. The maximum Gasteiger partial charge on any atom is 0.220 e. The van der Waals surface area contributed by atoms with Gasteiger partial charge < -0.3 is 65.1 Å². The van der Waals surface area contributed by atoms with E-state index in [9.17, 15) is 45.6 Å². The summed E-state index contributed by atoms with van der Waals surface area (Å²) in [5, 5.41) is 87.5. The number of hydrogen-bond acceptors (Lipinski definition) is 13. The number of carbonyl (C=O) groups excluding carboxylic acids is 1. The lowest BCUT2D eigenvalue weighted by Crippen LogP contribution is -2.65. The summed E-state index contributed by atoms with van der Waals surface area (Å²) >= 11 is 0. The number of amides is 1. The Balaban J connectivity index is 1.71. The molecule has 2 fully saturated rings. The molecule has 14 heteroatoms. The van der Waals surface area contributed by atoms with Crippen LogP contribution in [0.5, 0.6) is 0 Å². The molecular weight excluding hydrogens is 1050 g/mol. The van der Waals surface area contributed by atoms with Gasteiger partial charge in [-0.05, 0) is 64.2 Å². The predicted molar refractivity (Wildman–Crippen MR) is 337 cm³/mol. The Bertz CT molecular complexity index is 1670. The molecular formula is C69H123NO13. The number of hydrogen-bond donors (Lipinski definition) is 9. The highest BCUT2D eigenvalue weighted by Gasteiger charge is 2.51. The van der Waals surface area contributed by atoms with E-state index in [-0.39, 0.29) is 18.9 Å². The molecule has 0 aromatic carbocycles. The van der Waals surface area contributed by atoms with Crippen molar-refractivity contribution >= 4 is 5.91 Å². The van der Waals surface area contributed by atoms with Gasteiger partial charge in [0.2, 0.25) is 5.91 Å². The first-order valence-electron chi connectivity index (χ1n) is 33.7. The number of nitrogens with one attached hydrogen (secondary N) is 1. The first-order valence-corrected chi connectivity index (χ1v) is 33.7. The van der Waals surface area contributed by atoms with Gasteiger partial charge in [-0.1, -0.05) is 267 Å². The summed E-state index contributed by atoms with van der Waals surface area (Å²) in [6, 6.07) is -0.858. The van der Waals surface area contributed by atoms with E-state index in [1.54, 1.807) is 0 Å². The van der Waals surface area contributed by atoms with Crippen molar-refractivity contribution in [3.8, 4) is 0 Å². The summed E-state index contributed by atoms with van der Waals surface area (Å²) in [4.78, 5) is 13.3. The van der Waals surface area contributed by atoms with E-state index in [0.29, 0.717) is 12.8 Å². The monoisotopic (exact) mass is 1170 g/mol. The zero-order valence-electron chi connectivity index (χ0n) is 52.2. The molecule has 0 bridgehead atoms. The Kier molecular flexibility index (Phi) is 49.5. The van der Waals surface area contributed by atoms with Gasteiger partial charge in [0.1, 0.15) is 48.8 Å². The zero-order chi connectivity index (χ0) is 60.2. The fourth-order valence-electron chi connectivity index (χ4n) is 10.8. The van der Waals surface area contributed by atoms with E-state index >= 15 is 0 Å². The van der Waals surface area contributed by atoms with Crippen molar-refractivity contribution in [3.05, 3.63) is 72.9 Å². The third-order valence-corrected chi connectivity index (χ3v) is 16.2. The van der Waals surface area contributed by atoms with Crippen LogP contribution in [0, 0.1) is 0 Å². The Labute approximate surface area is 504 Å². The molecule has 2 aliphatic heterocycles.